The number of benzene rings is 1. The fourth-order valence-electron chi connectivity index (χ4n) is 2.88. The van der Waals surface area contributed by atoms with E-state index in [4.69, 9.17) is 0 Å². The van der Waals surface area contributed by atoms with Crippen molar-refractivity contribution in [2.45, 2.75) is 19.4 Å². The molecule has 3 aromatic heterocycles. The first-order valence-electron chi connectivity index (χ1n) is 8.59. The number of aryl methyl sites for hydroxylation is 1. The summed E-state index contributed by atoms with van der Waals surface area (Å²) < 4.78 is 0. The van der Waals surface area contributed by atoms with Crippen LogP contribution in [0.3, 0.4) is 0 Å². The minimum Gasteiger partial charge on any atom is -0.361 e. The van der Waals surface area contributed by atoms with Gasteiger partial charge in [-0.3, -0.25) is 9.97 Å². The van der Waals surface area contributed by atoms with Crippen molar-refractivity contribution in [2.75, 3.05) is 5.32 Å². The van der Waals surface area contributed by atoms with Crippen molar-refractivity contribution in [3.8, 4) is 0 Å². The molecule has 3 heterocycles. The van der Waals surface area contributed by atoms with E-state index in [9.17, 15) is 0 Å². The first kappa shape index (κ1) is 16.1. The monoisotopic (exact) mass is 341 g/mol. The number of rotatable bonds is 5. The summed E-state index contributed by atoms with van der Waals surface area (Å²) in [6.45, 7) is 2.10. The molecule has 26 heavy (non-hydrogen) atoms. The largest absolute Gasteiger partial charge is 0.361 e. The summed E-state index contributed by atoms with van der Waals surface area (Å²) in [5.41, 5.74) is 4.90. The Bertz CT molecular complexity index is 999. The minimum atomic E-state index is 0.0144. The van der Waals surface area contributed by atoms with Crippen molar-refractivity contribution in [1.82, 2.24) is 19.9 Å². The second-order valence-corrected chi connectivity index (χ2v) is 6.24. The van der Waals surface area contributed by atoms with Crippen LogP contribution in [0.4, 0.5) is 5.82 Å². The topological polar surface area (TPSA) is 63.6 Å². The number of aromatic nitrogens is 4. The van der Waals surface area contributed by atoms with Crippen LogP contribution in [0.5, 0.6) is 0 Å². The number of anilines is 1. The molecular weight excluding hydrogens is 322 g/mol. The van der Waals surface area contributed by atoms with Gasteiger partial charge in [0.1, 0.15) is 11.3 Å². The Balaban J connectivity index is 1.64. The van der Waals surface area contributed by atoms with Gasteiger partial charge < -0.3 is 5.32 Å². The Morgan fingerprint density at radius 1 is 0.846 bits per heavy atom. The van der Waals surface area contributed by atoms with Crippen LogP contribution in [0.1, 0.15) is 22.9 Å². The normalized spacial score (nSPS) is 12.0. The molecule has 0 aliphatic heterocycles. The predicted octanol–water partition coefficient (Wildman–Crippen LogP) is 4.12. The lowest BCUT2D eigenvalue weighted by molar-refractivity contribution is 0.742. The first-order chi connectivity index (χ1) is 12.8. The summed E-state index contributed by atoms with van der Waals surface area (Å²) in [7, 11) is 0. The lowest BCUT2D eigenvalue weighted by Crippen LogP contribution is -2.16. The zero-order valence-electron chi connectivity index (χ0n) is 14.5. The molecule has 1 N–H and O–H groups in total. The number of pyridine rings is 2. The Kier molecular flexibility index (Phi) is 4.51. The van der Waals surface area contributed by atoms with E-state index in [1.54, 1.807) is 12.4 Å². The third kappa shape index (κ3) is 3.67. The number of hydrogen-bond donors (Lipinski definition) is 1. The highest BCUT2D eigenvalue weighted by Crippen LogP contribution is 2.22. The van der Waals surface area contributed by atoms with Gasteiger partial charge in [-0.25, -0.2) is 9.97 Å². The van der Waals surface area contributed by atoms with E-state index in [2.05, 4.69) is 56.4 Å². The highest BCUT2D eigenvalue weighted by atomic mass is 15.1. The lowest BCUT2D eigenvalue weighted by Gasteiger charge is -2.19. The molecule has 0 fully saturated rings. The Morgan fingerprint density at radius 3 is 2.50 bits per heavy atom. The number of fused-ring (bicyclic) bond motifs is 1. The van der Waals surface area contributed by atoms with E-state index in [0.29, 0.717) is 5.65 Å². The molecule has 0 aliphatic rings. The molecular formula is C21H19N5. The van der Waals surface area contributed by atoms with Crippen LogP contribution in [0.25, 0.3) is 11.2 Å². The highest BCUT2D eigenvalue weighted by Gasteiger charge is 2.14. The van der Waals surface area contributed by atoms with Crippen molar-refractivity contribution in [1.29, 1.82) is 0 Å². The number of nitrogens with one attached hydrogen (secondary N) is 1. The Labute approximate surface area is 152 Å². The molecule has 0 amide bonds. The average molecular weight is 341 g/mol. The van der Waals surface area contributed by atoms with Gasteiger partial charge in [-0.1, -0.05) is 35.9 Å². The van der Waals surface area contributed by atoms with Crippen LogP contribution in [-0.4, -0.2) is 19.9 Å². The maximum Gasteiger partial charge on any atom is 0.180 e. The van der Waals surface area contributed by atoms with Crippen LogP contribution in [0.15, 0.2) is 73.2 Å². The second kappa shape index (κ2) is 7.27. The smallest absolute Gasteiger partial charge is 0.180 e. The van der Waals surface area contributed by atoms with Gasteiger partial charge in [-0.05, 0) is 43.2 Å². The first-order valence-corrected chi connectivity index (χ1v) is 8.59. The van der Waals surface area contributed by atoms with Crippen LogP contribution < -0.4 is 5.32 Å². The Morgan fingerprint density at radius 2 is 1.69 bits per heavy atom. The van der Waals surface area contributed by atoms with Crippen molar-refractivity contribution in [2.24, 2.45) is 0 Å². The molecule has 1 unspecified atom stereocenters. The number of hydrogen-bond acceptors (Lipinski definition) is 5. The second-order valence-electron chi connectivity index (χ2n) is 6.24. The average Bonchev–Trinajstić information content (AvgIpc) is 2.70. The highest BCUT2D eigenvalue weighted by molar-refractivity contribution is 5.71. The van der Waals surface area contributed by atoms with Crippen LogP contribution in [0.2, 0.25) is 0 Å². The van der Waals surface area contributed by atoms with Crippen molar-refractivity contribution in [3.63, 3.8) is 0 Å². The molecule has 1 atom stereocenters. The zero-order valence-corrected chi connectivity index (χ0v) is 14.5. The summed E-state index contributed by atoms with van der Waals surface area (Å²) in [5.74, 6) is 0.765. The molecule has 5 nitrogen and oxygen atoms in total. The summed E-state index contributed by atoms with van der Waals surface area (Å²) in [4.78, 5) is 17.7. The standard InChI is InChI=1S/C21H19N5/c1-15-5-7-16(8-6-15)14-19(17-4-2-3-11-22-17)25-20-10-9-18-21(26-20)24-13-12-23-18/h2-13,19H,14H2,1H3,(H,24,25,26). The fraction of sp³-hybridized carbons (Fsp3) is 0.143. The maximum absolute atomic E-state index is 4.58. The van der Waals surface area contributed by atoms with E-state index in [1.807, 2.05) is 36.5 Å². The molecule has 4 rings (SSSR count). The summed E-state index contributed by atoms with van der Waals surface area (Å²) in [6, 6.07) is 18.4. The molecule has 0 radical (unpaired) electrons. The van der Waals surface area contributed by atoms with E-state index in [-0.39, 0.29) is 6.04 Å². The quantitative estimate of drug-likeness (QED) is 0.591. The van der Waals surface area contributed by atoms with Crippen molar-refractivity contribution < 1.29 is 0 Å². The Hall–Kier alpha value is -3.34. The van der Waals surface area contributed by atoms with Gasteiger partial charge in [-0.2, -0.15) is 0 Å². The van der Waals surface area contributed by atoms with Crippen molar-refractivity contribution >= 4 is 17.0 Å². The van der Waals surface area contributed by atoms with Gasteiger partial charge in [0.05, 0.1) is 11.7 Å². The SMILES string of the molecule is Cc1ccc(CC(Nc2ccc3nccnc3n2)c2ccccn2)cc1. The maximum atomic E-state index is 4.58. The minimum absolute atomic E-state index is 0.0144. The molecule has 0 saturated heterocycles. The molecule has 5 heteroatoms. The van der Waals surface area contributed by atoms with E-state index in [1.165, 1.54) is 11.1 Å². The van der Waals surface area contributed by atoms with Crippen LogP contribution in [-0.2, 0) is 6.42 Å². The summed E-state index contributed by atoms with van der Waals surface area (Å²) in [5, 5.41) is 3.51. The van der Waals surface area contributed by atoms with Gasteiger partial charge in [-0.15, -0.1) is 0 Å². The van der Waals surface area contributed by atoms with Gasteiger partial charge in [0, 0.05) is 18.6 Å². The molecule has 0 spiro atoms. The molecule has 0 saturated carbocycles. The zero-order chi connectivity index (χ0) is 17.8. The lowest BCUT2D eigenvalue weighted by atomic mass is 10.0. The predicted molar refractivity (Wildman–Crippen MR) is 103 cm³/mol. The molecule has 128 valence electrons. The van der Waals surface area contributed by atoms with E-state index < -0.39 is 0 Å². The van der Waals surface area contributed by atoms with Crippen LogP contribution in [0, 0.1) is 6.92 Å². The molecule has 4 aromatic rings. The fourth-order valence-corrected chi connectivity index (χ4v) is 2.88. The van der Waals surface area contributed by atoms with Gasteiger partial charge >= 0.3 is 0 Å². The van der Waals surface area contributed by atoms with E-state index >= 15 is 0 Å². The van der Waals surface area contributed by atoms with Crippen molar-refractivity contribution in [3.05, 3.63) is 90.0 Å². The van der Waals surface area contributed by atoms with Gasteiger partial charge in [0.25, 0.3) is 0 Å². The molecule has 0 aliphatic carbocycles. The molecule has 0 bridgehead atoms. The third-order valence-electron chi connectivity index (χ3n) is 4.26. The van der Waals surface area contributed by atoms with Crippen LogP contribution >= 0.6 is 0 Å². The number of nitrogens with zero attached hydrogens (tertiary/aromatic N) is 4. The van der Waals surface area contributed by atoms with Gasteiger partial charge in [0.2, 0.25) is 0 Å². The molecule has 1 aromatic carbocycles. The van der Waals surface area contributed by atoms with E-state index in [0.717, 1.165) is 23.4 Å². The summed E-state index contributed by atoms with van der Waals surface area (Å²) in [6.07, 6.45) is 5.96. The van der Waals surface area contributed by atoms with Gasteiger partial charge in [0.15, 0.2) is 5.65 Å². The third-order valence-corrected chi connectivity index (χ3v) is 4.26. The summed E-state index contributed by atoms with van der Waals surface area (Å²) >= 11 is 0.